The van der Waals surface area contributed by atoms with E-state index >= 15 is 0 Å². The van der Waals surface area contributed by atoms with Gasteiger partial charge in [0.05, 0.1) is 0 Å². The zero-order valence-electron chi connectivity index (χ0n) is 10.2. The van der Waals surface area contributed by atoms with Crippen molar-refractivity contribution < 1.29 is 4.39 Å². The third kappa shape index (κ3) is 2.31. The van der Waals surface area contributed by atoms with Gasteiger partial charge in [0.15, 0.2) is 0 Å². The van der Waals surface area contributed by atoms with Gasteiger partial charge in [-0.3, -0.25) is 0 Å². The maximum Gasteiger partial charge on any atom is 0.123 e. The summed E-state index contributed by atoms with van der Waals surface area (Å²) in [5.41, 5.74) is 2.31. The first-order valence-electron chi connectivity index (χ1n) is 6.85. The lowest BCUT2D eigenvalue weighted by molar-refractivity contribution is 0.252. The van der Waals surface area contributed by atoms with Crippen molar-refractivity contribution in [3.63, 3.8) is 0 Å². The molecule has 3 rings (SSSR count). The summed E-state index contributed by atoms with van der Waals surface area (Å²) in [7, 11) is 0. The molecule has 2 aliphatic rings. The zero-order chi connectivity index (χ0) is 11.7. The molecule has 2 heteroatoms. The second-order valence-corrected chi connectivity index (χ2v) is 5.54. The van der Waals surface area contributed by atoms with E-state index in [1.807, 2.05) is 6.07 Å². The number of rotatable bonds is 1. The quantitative estimate of drug-likeness (QED) is 0.773. The summed E-state index contributed by atoms with van der Waals surface area (Å²) in [6.45, 7) is 1.07. The Hall–Kier alpha value is -1.05. The highest BCUT2D eigenvalue weighted by atomic mass is 19.1. The van der Waals surface area contributed by atoms with E-state index in [0.29, 0.717) is 5.92 Å². The molecule has 1 fully saturated rings. The average molecular weight is 233 g/mol. The number of anilines is 1. The molecular weight excluding hydrogens is 213 g/mol. The van der Waals surface area contributed by atoms with E-state index in [4.69, 9.17) is 0 Å². The molecule has 1 heterocycles. The van der Waals surface area contributed by atoms with Crippen LogP contribution < -0.4 is 5.32 Å². The molecule has 1 unspecified atom stereocenters. The first-order valence-corrected chi connectivity index (χ1v) is 6.85. The van der Waals surface area contributed by atoms with Crippen LogP contribution in [0.3, 0.4) is 0 Å². The molecule has 17 heavy (non-hydrogen) atoms. The van der Waals surface area contributed by atoms with E-state index in [0.717, 1.165) is 24.6 Å². The molecule has 0 spiro atoms. The highest BCUT2D eigenvalue weighted by Crippen LogP contribution is 2.36. The Bertz CT molecular complexity index is 396. The van der Waals surface area contributed by atoms with E-state index in [9.17, 15) is 4.39 Å². The molecule has 1 N–H and O–H groups in total. The van der Waals surface area contributed by atoms with Gasteiger partial charge in [-0.15, -0.1) is 0 Å². The third-order valence-electron chi connectivity index (χ3n) is 4.42. The molecule has 1 aromatic carbocycles. The number of hydrogen-bond acceptors (Lipinski definition) is 1. The first kappa shape index (κ1) is 11.1. The van der Waals surface area contributed by atoms with Crippen LogP contribution in [0.15, 0.2) is 18.2 Å². The van der Waals surface area contributed by atoms with Gasteiger partial charge in [0.25, 0.3) is 0 Å². The summed E-state index contributed by atoms with van der Waals surface area (Å²) in [6, 6.07) is 5.13. The van der Waals surface area contributed by atoms with E-state index in [1.54, 1.807) is 12.1 Å². The van der Waals surface area contributed by atoms with Crippen LogP contribution in [-0.2, 0) is 6.42 Å². The van der Waals surface area contributed by atoms with Crippen molar-refractivity contribution in [3.05, 3.63) is 29.6 Å². The minimum atomic E-state index is -0.102. The fourth-order valence-corrected chi connectivity index (χ4v) is 3.44. The maximum absolute atomic E-state index is 13.2. The van der Waals surface area contributed by atoms with Gasteiger partial charge >= 0.3 is 0 Å². The van der Waals surface area contributed by atoms with Gasteiger partial charge in [-0.2, -0.15) is 0 Å². The largest absolute Gasteiger partial charge is 0.385 e. The molecule has 1 aliphatic heterocycles. The number of fused-ring (bicyclic) bond motifs is 1. The Morgan fingerprint density at radius 1 is 1.06 bits per heavy atom. The predicted octanol–water partition coefficient (Wildman–Crippen LogP) is 3.99. The monoisotopic (exact) mass is 233 g/mol. The smallest absolute Gasteiger partial charge is 0.123 e. The minimum Gasteiger partial charge on any atom is -0.385 e. The Morgan fingerprint density at radius 2 is 1.88 bits per heavy atom. The third-order valence-corrected chi connectivity index (χ3v) is 4.42. The van der Waals surface area contributed by atoms with Crippen molar-refractivity contribution in [1.82, 2.24) is 0 Å². The Labute approximate surface area is 102 Å². The molecule has 0 bridgehead atoms. The maximum atomic E-state index is 13.2. The first-order chi connectivity index (χ1) is 8.33. The lowest BCUT2D eigenvalue weighted by Gasteiger charge is -2.34. The van der Waals surface area contributed by atoms with Gasteiger partial charge in [0.1, 0.15) is 5.82 Å². The molecule has 0 aromatic heterocycles. The highest BCUT2D eigenvalue weighted by Gasteiger charge is 2.27. The molecule has 0 radical (unpaired) electrons. The molecule has 1 aliphatic carbocycles. The van der Waals surface area contributed by atoms with Crippen molar-refractivity contribution in [1.29, 1.82) is 0 Å². The molecule has 1 saturated carbocycles. The summed E-state index contributed by atoms with van der Waals surface area (Å²) < 4.78 is 13.2. The van der Waals surface area contributed by atoms with Crippen LogP contribution in [0.5, 0.6) is 0 Å². The van der Waals surface area contributed by atoms with Crippen molar-refractivity contribution in [2.24, 2.45) is 11.8 Å². The number of benzene rings is 1. The van der Waals surface area contributed by atoms with Gasteiger partial charge < -0.3 is 5.32 Å². The van der Waals surface area contributed by atoms with Crippen molar-refractivity contribution in [2.45, 2.75) is 38.5 Å². The van der Waals surface area contributed by atoms with E-state index in [2.05, 4.69) is 5.32 Å². The average Bonchev–Trinajstić information content (AvgIpc) is 2.39. The van der Waals surface area contributed by atoms with Gasteiger partial charge in [-0.1, -0.05) is 32.1 Å². The second-order valence-electron chi connectivity index (χ2n) is 5.54. The van der Waals surface area contributed by atoms with E-state index in [1.165, 1.54) is 37.7 Å². The van der Waals surface area contributed by atoms with Crippen LogP contribution in [0.4, 0.5) is 10.1 Å². The summed E-state index contributed by atoms with van der Waals surface area (Å²) in [4.78, 5) is 0. The van der Waals surface area contributed by atoms with Crippen molar-refractivity contribution in [3.8, 4) is 0 Å². The van der Waals surface area contributed by atoms with E-state index in [-0.39, 0.29) is 5.82 Å². The normalized spacial score (nSPS) is 25.1. The van der Waals surface area contributed by atoms with Crippen LogP contribution in [-0.4, -0.2) is 6.54 Å². The number of hydrogen-bond donors (Lipinski definition) is 1. The Balaban J connectivity index is 1.75. The fourth-order valence-electron chi connectivity index (χ4n) is 3.44. The number of halogens is 1. The lowest BCUT2D eigenvalue weighted by atomic mass is 9.76. The number of nitrogens with one attached hydrogen (secondary N) is 1. The van der Waals surface area contributed by atoms with Gasteiger partial charge in [0.2, 0.25) is 0 Å². The summed E-state index contributed by atoms with van der Waals surface area (Å²) in [6.07, 6.45) is 7.98. The molecule has 1 aromatic rings. The van der Waals surface area contributed by atoms with Crippen LogP contribution in [0.2, 0.25) is 0 Å². The summed E-state index contributed by atoms with van der Waals surface area (Å²) >= 11 is 0. The minimum absolute atomic E-state index is 0.102. The van der Waals surface area contributed by atoms with Crippen molar-refractivity contribution >= 4 is 5.69 Å². The van der Waals surface area contributed by atoms with Crippen LogP contribution >= 0.6 is 0 Å². The Kier molecular flexibility index (Phi) is 3.04. The molecule has 1 atom stereocenters. The molecule has 0 amide bonds. The summed E-state index contributed by atoms with van der Waals surface area (Å²) in [5.74, 6) is 1.46. The second kappa shape index (κ2) is 4.67. The van der Waals surface area contributed by atoms with Crippen molar-refractivity contribution in [2.75, 3.05) is 11.9 Å². The molecule has 0 saturated heterocycles. The predicted molar refractivity (Wildman–Crippen MR) is 68.7 cm³/mol. The molecular formula is C15H20FN. The lowest BCUT2D eigenvalue weighted by Crippen LogP contribution is -2.30. The van der Waals surface area contributed by atoms with Gasteiger partial charge in [-0.25, -0.2) is 4.39 Å². The van der Waals surface area contributed by atoms with E-state index < -0.39 is 0 Å². The molecule has 92 valence electrons. The van der Waals surface area contributed by atoms with Crippen LogP contribution in [0, 0.1) is 17.7 Å². The zero-order valence-corrected chi connectivity index (χ0v) is 10.2. The topological polar surface area (TPSA) is 12.0 Å². The van der Waals surface area contributed by atoms with Gasteiger partial charge in [0, 0.05) is 12.2 Å². The fraction of sp³-hybridized carbons (Fsp3) is 0.600. The Morgan fingerprint density at radius 3 is 2.71 bits per heavy atom. The summed E-state index contributed by atoms with van der Waals surface area (Å²) in [5, 5.41) is 3.47. The van der Waals surface area contributed by atoms with Gasteiger partial charge in [-0.05, 0) is 42.0 Å². The van der Waals surface area contributed by atoms with Crippen LogP contribution in [0.25, 0.3) is 0 Å². The molecule has 1 nitrogen and oxygen atoms in total. The highest BCUT2D eigenvalue weighted by molar-refractivity contribution is 5.53. The van der Waals surface area contributed by atoms with Crippen LogP contribution in [0.1, 0.15) is 37.7 Å². The standard InChI is InChI=1S/C15H20FN/c16-14-6-7-15-12(9-14)8-13(10-17-15)11-4-2-1-3-5-11/h6-7,9,11,13,17H,1-5,8,10H2. The SMILES string of the molecule is Fc1ccc2c(c1)CC(C1CCCCC1)CN2.